The first kappa shape index (κ1) is 18.7. The highest BCUT2D eigenvalue weighted by atomic mass is 16.5. The summed E-state index contributed by atoms with van der Waals surface area (Å²) in [5.74, 6) is 0.937. The summed E-state index contributed by atoms with van der Waals surface area (Å²) in [5, 5.41) is 7.33. The molecule has 0 saturated carbocycles. The van der Waals surface area contributed by atoms with Crippen LogP contribution in [0.3, 0.4) is 0 Å². The number of nitrogens with one attached hydrogen (secondary N) is 1. The summed E-state index contributed by atoms with van der Waals surface area (Å²) < 4.78 is 7.56. The quantitative estimate of drug-likeness (QED) is 0.590. The van der Waals surface area contributed by atoms with E-state index < -0.39 is 0 Å². The molecule has 1 heterocycles. The zero-order chi connectivity index (χ0) is 18.9. The first-order valence-electron chi connectivity index (χ1n) is 9.26. The number of amides is 1. The molecule has 140 valence electrons. The van der Waals surface area contributed by atoms with Crippen LogP contribution < -0.4 is 10.1 Å². The first-order valence-corrected chi connectivity index (χ1v) is 9.26. The minimum absolute atomic E-state index is 0.0545. The number of nitrogens with zero attached hydrogens (tertiary/aromatic N) is 2. The number of carbonyl (C=O) groups excluding carboxylic acids is 1. The number of aromatic nitrogens is 2. The lowest BCUT2D eigenvalue weighted by atomic mass is 10.2. The molecule has 3 rings (SSSR count). The Morgan fingerprint density at radius 3 is 2.70 bits per heavy atom. The summed E-state index contributed by atoms with van der Waals surface area (Å²) in [6.07, 6.45) is 5.77. The van der Waals surface area contributed by atoms with Gasteiger partial charge in [-0.3, -0.25) is 4.79 Å². The molecule has 3 aromatic rings. The lowest BCUT2D eigenvalue weighted by Gasteiger charge is -2.08. The number of aryl methyl sites for hydroxylation is 1. The van der Waals surface area contributed by atoms with Crippen LogP contribution in [-0.2, 0) is 11.2 Å². The van der Waals surface area contributed by atoms with Gasteiger partial charge >= 0.3 is 0 Å². The van der Waals surface area contributed by atoms with Crippen molar-refractivity contribution in [1.82, 2.24) is 15.1 Å². The van der Waals surface area contributed by atoms with E-state index in [1.165, 1.54) is 0 Å². The topological polar surface area (TPSA) is 56.1 Å². The normalized spacial score (nSPS) is 10.6. The molecule has 2 aromatic carbocycles. The molecule has 27 heavy (non-hydrogen) atoms. The molecule has 0 bridgehead atoms. The zero-order valence-electron chi connectivity index (χ0n) is 15.6. The van der Waals surface area contributed by atoms with Crippen molar-refractivity contribution in [3.63, 3.8) is 0 Å². The zero-order valence-corrected chi connectivity index (χ0v) is 15.6. The molecule has 0 unspecified atom stereocenters. The van der Waals surface area contributed by atoms with Crippen molar-refractivity contribution in [3.8, 4) is 11.4 Å². The predicted octanol–water partition coefficient (Wildman–Crippen LogP) is 3.70. The number of para-hydroxylation sites is 2. The Bertz CT molecular complexity index is 859. The number of rotatable bonds is 9. The molecule has 0 aliphatic carbocycles. The van der Waals surface area contributed by atoms with Gasteiger partial charge in [0.1, 0.15) is 5.75 Å². The summed E-state index contributed by atoms with van der Waals surface area (Å²) in [6, 6.07) is 17.9. The summed E-state index contributed by atoms with van der Waals surface area (Å²) in [7, 11) is 0. The van der Waals surface area contributed by atoms with Gasteiger partial charge < -0.3 is 10.1 Å². The predicted molar refractivity (Wildman–Crippen MR) is 106 cm³/mol. The van der Waals surface area contributed by atoms with Crippen LogP contribution in [0.4, 0.5) is 0 Å². The Hall–Kier alpha value is -3.08. The van der Waals surface area contributed by atoms with Gasteiger partial charge in [0, 0.05) is 19.2 Å². The molecule has 0 radical (unpaired) electrons. The molecule has 5 heteroatoms. The van der Waals surface area contributed by atoms with Crippen molar-refractivity contribution in [1.29, 1.82) is 0 Å². The molecule has 1 aromatic heterocycles. The maximum absolute atomic E-state index is 12.0. The van der Waals surface area contributed by atoms with Crippen LogP contribution in [0.2, 0.25) is 0 Å². The Morgan fingerprint density at radius 2 is 1.89 bits per heavy atom. The van der Waals surface area contributed by atoms with E-state index in [-0.39, 0.29) is 5.91 Å². The van der Waals surface area contributed by atoms with E-state index in [0.717, 1.165) is 29.0 Å². The van der Waals surface area contributed by atoms with Crippen molar-refractivity contribution < 1.29 is 9.53 Å². The number of carbonyl (C=O) groups is 1. The van der Waals surface area contributed by atoms with Crippen molar-refractivity contribution in [3.05, 3.63) is 78.1 Å². The van der Waals surface area contributed by atoms with E-state index in [0.29, 0.717) is 26.0 Å². The third kappa shape index (κ3) is 5.71. The second-order valence-electron chi connectivity index (χ2n) is 6.45. The van der Waals surface area contributed by atoms with Crippen LogP contribution in [0.25, 0.3) is 5.69 Å². The Morgan fingerprint density at radius 1 is 1.11 bits per heavy atom. The van der Waals surface area contributed by atoms with Gasteiger partial charge in [-0.2, -0.15) is 5.10 Å². The van der Waals surface area contributed by atoms with Gasteiger partial charge in [-0.05, 0) is 49.1 Å². The van der Waals surface area contributed by atoms with Gasteiger partial charge in [0.05, 0.1) is 18.5 Å². The molecule has 0 fully saturated rings. The maximum Gasteiger partial charge on any atom is 0.220 e. The number of benzene rings is 2. The molecule has 0 aliphatic rings. The van der Waals surface area contributed by atoms with E-state index >= 15 is 0 Å². The molecule has 0 aliphatic heterocycles. The smallest absolute Gasteiger partial charge is 0.220 e. The lowest BCUT2D eigenvalue weighted by Crippen LogP contribution is -2.25. The molecule has 0 spiro atoms. The Kier molecular flexibility index (Phi) is 6.63. The highest BCUT2D eigenvalue weighted by molar-refractivity contribution is 5.75. The second-order valence-corrected chi connectivity index (χ2v) is 6.45. The highest BCUT2D eigenvalue weighted by Crippen LogP contribution is 2.16. The third-order valence-corrected chi connectivity index (χ3v) is 4.29. The van der Waals surface area contributed by atoms with Crippen LogP contribution in [0.5, 0.6) is 5.75 Å². The monoisotopic (exact) mass is 363 g/mol. The number of hydrogen-bond acceptors (Lipinski definition) is 3. The van der Waals surface area contributed by atoms with Crippen LogP contribution >= 0.6 is 0 Å². The van der Waals surface area contributed by atoms with Crippen LogP contribution in [0, 0.1) is 6.92 Å². The molecular weight excluding hydrogens is 338 g/mol. The molecule has 0 saturated heterocycles. The third-order valence-electron chi connectivity index (χ3n) is 4.29. The van der Waals surface area contributed by atoms with Crippen molar-refractivity contribution in [2.45, 2.75) is 26.2 Å². The van der Waals surface area contributed by atoms with Gasteiger partial charge in [0.15, 0.2) is 0 Å². The maximum atomic E-state index is 12.0. The minimum Gasteiger partial charge on any atom is -0.493 e. The van der Waals surface area contributed by atoms with Crippen molar-refractivity contribution in [2.24, 2.45) is 0 Å². The fourth-order valence-electron chi connectivity index (χ4n) is 2.78. The van der Waals surface area contributed by atoms with Gasteiger partial charge in [0.2, 0.25) is 5.91 Å². The summed E-state index contributed by atoms with van der Waals surface area (Å²) in [6.45, 7) is 3.17. The van der Waals surface area contributed by atoms with Crippen LogP contribution in [0.1, 0.15) is 24.0 Å². The van der Waals surface area contributed by atoms with Crippen molar-refractivity contribution >= 4 is 5.91 Å². The summed E-state index contributed by atoms with van der Waals surface area (Å²) in [5.41, 5.74) is 3.24. The molecule has 1 N–H and O–H groups in total. The van der Waals surface area contributed by atoms with Gasteiger partial charge in [-0.25, -0.2) is 4.68 Å². The van der Waals surface area contributed by atoms with E-state index in [4.69, 9.17) is 4.74 Å². The van der Waals surface area contributed by atoms with E-state index in [1.54, 1.807) is 0 Å². The largest absolute Gasteiger partial charge is 0.493 e. The lowest BCUT2D eigenvalue weighted by molar-refractivity contribution is -0.121. The highest BCUT2D eigenvalue weighted by Gasteiger charge is 2.04. The standard InChI is InChI=1S/C22H25N3O2/c1-18-8-5-6-11-21(18)27-15-7-12-22(26)23-14-13-19-16-24-25(17-19)20-9-3-2-4-10-20/h2-6,8-11,16-17H,7,12-15H2,1H3,(H,23,26). The average Bonchev–Trinajstić information content (AvgIpc) is 3.16. The molecule has 0 atom stereocenters. The van der Waals surface area contributed by atoms with E-state index in [2.05, 4.69) is 10.4 Å². The molecular formula is C22H25N3O2. The second kappa shape index (κ2) is 9.57. The molecule has 1 amide bonds. The van der Waals surface area contributed by atoms with Gasteiger partial charge in [-0.15, -0.1) is 0 Å². The first-order chi connectivity index (χ1) is 13.2. The van der Waals surface area contributed by atoms with Crippen LogP contribution in [-0.4, -0.2) is 28.8 Å². The van der Waals surface area contributed by atoms with E-state index in [9.17, 15) is 4.79 Å². The van der Waals surface area contributed by atoms with Gasteiger partial charge in [0.25, 0.3) is 0 Å². The number of ether oxygens (including phenoxy) is 1. The average molecular weight is 363 g/mol. The summed E-state index contributed by atoms with van der Waals surface area (Å²) >= 11 is 0. The fourth-order valence-corrected chi connectivity index (χ4v) is 2.78. The number of hydrogen-bond donors (Lipinski definition) is 1. The Labute approximate surface area is 160 Å². The van der Waals surface area contributed by atoms with E-state index in [1.807, 2.05) is 78.6 Å². The SMILES string of the molecule is Cc1ccccc1OCCCC(=O)NCCc1cnn(-c2ccccc2)c1. The summed E-state index contributed by atoms with van der Waals surface area (Å²) in [4.78, 5) is 12.0. The molecule has 5 nitrogen and oxygen atoms in total. The minimum atomic E-state index is 0.0545. The van der Waals surface area contributed by atoms with Crippen LogP contribution in [0.15, 0.2) is 67.0 Å². The van der Waals surface area contributed by atoms with Gasteiger partial charge in [-0.1, -0.05) is 36.4 Å². The van der Waals surface area contributed by atoms with Crippen molar-refractivity contribution in [2.75, 3.05) is 13.2 Å². The Balaban J connectivity index is 1.33. The fraction of sp³-hybridized carbons (Fsp3) is 0.273.